The highest BCUT2D eigenvalue weighted by Crippen LogP contribution is 2.30. The summed E-state index contributed by atoms with van der Waals surface area (Å²) in [5.41, 5.74) is 2.37. The Morgan fingerprint density at radius 1 is 1.13 bits per heavy atom. The zero-order valence-corrected chi connectivity index (χ0v) is 18.6. The summed E-state index contributed by atoms with van der Waals surface area (Å²) in [4.78, 5) is 21.6. The molecule has 0 atom stereocenters. The van der Waals surface area contributed by atoms with Crippen LogP contribution in [0, 0.1) is 0 Å². The predicted octanol–water partition coefficient (Wildman–Crippen LogP) is 4.15. The number of rotatable bonds is 8. The van der Waals surface area contributed by atoms with Crippen LogP contribution in [-0.2, 0) is 11.2 Å². The maximum atomic E-state index is 12.7. The van der Waals surface area contributed by atoms with Crippen molar-refractivity contribution >= 4 is 32.6 Å². The van der Waals surface area contributed by atoms with Gasteiger partial charge in [0.25, 0.3) is 5.91 Å². The van der Waals surface area contributed by atoms with Crippen molar-refractivity contribution in [2.45, 2.75) is 13.3 Å². The Balaban J connectivity index is 1.32. The Labute approximate surface area is 186 Å². The molecule has 31 heavy (non-hydrogen) atoms. The first-order valence-electron chi connectivity index (χ1n) is 10.6. The number of benzene rings is 2. The van der Waals surface area contributed by atoms with E-state index in [1.807, 2.05) is 23.1 Å². The number of carbonyl (C=O) groups excluding carboxylic acids is 1. The number of anilines is 1. The molecule has 0 saturated carbocycles. The van der Waals surface area contributed by atoms with Crippen molar-refractivity contribution in [3.8, 4) is 11.5 Å². The summed E-state index contributed by atoms with van der Waals surface area (Å²) >= 11 is 1.72. The molecule has 0 N–H and O–H groups in total. The quantitative estimate of drug-likeness (QED) is 0.496. The Kier molecular flexibility index (Phi) is 6.72. The summed E-state index contributed by atoms with van der Waals surface area (Å²) in [7, 11) is 0. The largest absolute Gasteiger partial charge is 0.486 e. The van der Waals surface area contributed by atoms with Crippen molar-refractivity contribution in [1.82, 2.24) is 9.88 Å². The van der Waals surface area contributed by atoms with E-state index in [1.54, 1.807) is 23.5 Å². The summed E-state index contributed by atoms with van der Waals surface area (Å²) in [5, 5.41) is 1.03. The summed E-state index contributed by atoms with van der Waals surface area (Å²) in [6.07, 6.45) is 2.70. The number of amides is 1. The fourth-order valence-corrected chi connectivity index (χ4v) is 4.61. The average molecular weight is 438 g/mol. The predicted molar refractivity (Wildman–Crippen MR) is 125 cm³/mol. The van der Waals surface area contributed by atoms with Crippen molar-refractivity contribution in [3.63, 3.8) is 0 Å². The molecule has 1 saturated heterocycles. The molecule has 2 heterocycles. The zero-order valence-electron chi connectivity index (χ0n) is 17.8. The highest BCUT2D eigenvalue weighted by molar-refractivity contribution is 7.22. The molecule has 0 unspecified atom stereocenters. The molecule has 162 valence electrons. The van der Waals surface area contributed by atoms with E-state index in [9.17, 15) is 4.79 Å². The molecule has 1 amide bonds. The smallest absolute Gasteiger partial charge is 0.260 e. The fraction of sp³-hybridized carbons (Fsp3) is 0.333. The summed E-state index contributed by atoms with van der Waals surface area (Å²) in [5.74, 6) is 1.16. The molecule has 6 nitrogen and oxygen atoms in total. The molecular formula is C24H27N3O3S. The molecule has 1 aliphatic heterocycles. The Morgan fingerprint density at radius 2 is 1.87 bits per heavy atom. The van der Waals surface area contributed by atoms with E-state index >= 15 is 0 Å². The molecule has 0 radical (unpaired) electrons. The lowest BCUT2D eigenvalue weighted by molar-refractivity contribution is -0.133. The standard InChI is InChI=1S/C24H27N3O3S/c1-3-15-29-20-7-5-6-8-21(20)30-17-23(28)26-11-13-27(14-12-26)24-25-19-10-9-18(4-2)16-22(19)31-24/h3,5-10,16H,1,4,11-15,17H2,2H3. The number of carbonyl (C=O) groups is 1. The van der Waals surface area contributed by atoms with E-state index < -0.39 is 0 Å². The highest BCUT2D eigenvalue weighted by Gasteiger charge is 2.23. The molecule has 1 fully saturated rings. The van der Waals surface area contributed by atoms with Crippen LogP contribution in [0.2, 0.25) is 0 Å². The molecule has 1 aromatic heterocycles. The van der Waals surface area contributed by atoms with Crippen LogP contribution in [0.5, 0.6) is 11.5 Å². The van der Waals surface area contributed by atoms with Crippen LogP contribution in [-0.4, -0.2) is 55.2 Å². The third kappa shape index (κ3) is 4.99. The minimum Gasteiger partial charge on any atom is -0.486 e. The Bertz CT molecular complexity index is 1060. The monoisotopic (exact) mass is 437 g/mol. The number of hydrogen-bond donors (Lipinski definition) is 0. The van der Waals surface area contributed by atoms with E-state index in [0.717, 1.165) is 30.2 Å². The van der Waals surface area contributed by atoms with Gasteiger partial charge in [0, 0.05) is 26.2 Å². The number of aryl methyl sites for hydroxylation is 1. The van der Waals surface area contributed by atoms with Crippen LogP contribution in [0.1, 0.15) is 12.5 Å². The number of ether oxygens (including phenoxy) is 2. The van der Waals surface area contributed by atoms with Crippen molar-refractivity contribution in [2.75, 3.05) is 44.3 Å². The van der Waals surface area contributed by atoms with Gasteiger partial charge in [0.05, 0.1) is 10.2 Å². The van der Waals surface area contributed by atoms with Crippen LogP contribution in [0.3, 0.4) is 0 Å². The first-order chi connectivity index (χ1) is 15.2. The Hall–Kier alpha value is -3.06. The van der Waals surface area contributed by atoms with Gasteiger partial charge >= 0.3 is 0 Å². The molecule has 1 aliphatic rings. The van der Waals surface area contributed by atoms with Gasteiger partial charge in [0.1, 0.15) is 6.61 Å². The second-order valence-electron chi connectivity index (χ2n) is 7.35. The SMILES string of the molecule is C=CCOc1ccccc1OCC(=O)N1CCN(c2nc3ccc(CC)cc3s2)CC1. The maximum absolute atomic E-state index is 12.7. The van der Waals surface area contributed by atoms with E-state index in [4.69, 9.17) is 14.5 Å². The lowest BCUT2D eigenvalue weighted by Crippen LogP contribution is -2.50. The van der Waals surface area contributed by atoms with Crippen LogP contribution in [0.25, 0.3) is 10.2 Å². The zero-order chi connectivity index (χ0) is 21.6. The summed E-state index contributed by atoms with van der Waals surface area (Å²) in [6.45, 7) is 9.06. The number of para-hydroxylation sites is 2. The van der Waals surface area contributed by atoms with Crippen molar-refractivity contribution in [2.24, 2.45) is 0 Å². The second kappa shape index (κ2) is 9.83. The van der Waals surface area contributed by atoms with Crippen molar-refractivity contribution < 1.29 is 14.3 Å². The van der Waals surface area contributed by atoms with E-state index in [-0.39, 0.29) is 12.5 Å². The molecule has 3 aromatic rings. The number of piperazine rings is 1. The van der Waals surface area contributed by atoms with Gasteiger partial charge in [-0.2, -0.15) is 0 Å². The van der Waals surface area contributed by atoms with Gasteiger partial charge in [-0.05, 0) is 36.2 Å². The van der Waals surface area contributed by atoms with Gasteiger partial charge in [-0.1, -0.05) is 49.1 Å². The van der Waals surface area contributed by atoms with Crippen LogP contribution >= 0.6 is 11.3 Å². The van der Waals surface area contributed by atoms with E-state index in [1.165, 1.54) is 10.3 Å². The third-order valence-electron chi connectivity index (χ3n) is 5.31. The number of hydrogen-bond acceptors (Lipinski definition) is 6. The highest BCUT2D eigenvalue weighted by atomic mass is 32.1. The van der Waals surface area contributed by atoms with Crippen molar-refractivity contribution in [3.05, 3.63) is 60.7 Å². The first kappa shape index (κ1) is 21.2. The molecule has 0 aliphatic carbocycles. The van der Waals surface area contributed by atoms with Crippen LogP contribution in [0.15, 0.2) is 55.1 Å². The maximum Gasteiger partial charge on any atom is 0.260 e. The van der Waals surface area contributed by atoms with Crippen molar-refractivity contribution in [1.29, 1.82) is 0 Å². The van der Waals surface area contributed by atoms with E-state index in [2.05, 4.69) is 36.6 Å². The Morgan fingerprint density at radius 3 is 2.58 bits per heavy atom. The van der Waals surface area contributed by atoms with Gasteiger partial charge < -0.3 is 19.3 Å². The van der Waals surface area contributed by atoms with Gasteiger partial charge in [0.2, 0.25) is 0 Å². The molecular weight excluding hydrogens is 410 g/mol. The number of aromatic nitrogens is 1. The molecule has 7 heteroatoms. The minimum atomic E-state index is -0.0185. The average Bonchev–Trinajstić information content (AvgIpc) is 3.25. The second-order valence-corrected chi connectivity index (χ2v) is 8.36. The normalized spacial score (nSPS) is 14.0. The minimum absolute atomic E-state index is 0.00457. The summed E-state index contributed by atoms with van der Waals surface area (Å²) < 4.78 is 12.6. The number of fused-ring (bicyclic) bond motifs is 1. The van der Waals surface area contributed by atoms with Crippen LogP contribution < -0.4 is 14.4 Å². The van der Waals surface area contributed by atoms with Crippen LogP contribution in [0.4, 0.5) is 5.13 Å². The number of thiazole rings is 1. The fourth-order valence-electron chi connectivity index (χ4n) is 3.53. The van der Waals surface area contributed by atoms with E-state index in [0.29, 0.717) is 31.2 Å². The lowest BCUT2D eigenvalue weighted by Gasteiger charge is -2.34. The molecule has 4 rings (SSSR count). The number of nitrogens with zero attached hydrogens (tertiary/aromatic N) is 3. The first-order valence-corrected chi connectivity index (χ1v) is 11.4. The molecule has 0 spiro atoms. The third-order valence-corrected chi connectivity index (χ3v) is 6.39. The van der Waals surface area contributed by atoms with Gasteiger partial charge in [-0.25, -0.2) is 4.98 Å². The summed E-state index contributed by atoms with van der Waals surface area (Å²) in [6, 6.07) is 13.8. The van der Waals surface area contributed by atoms with Gasteiger partial charge in [-0.15, -0.1) is 0 Å². The lowest BCUT2D eigenvalue weighted by atomic mass is 10.2. The molecule has 0 bridgehead atoms. The van der Waals surface area contributed by atoms with Gasteiger partial charge in [-0.3, -0.25) is 4.79 Å². The molecule has 2 aromatic carbocycles. The topological polar surface area (TPSA) is 54.9 Å². The van der Waals surface area contributed by atoms with Gasteiger partial charge in [0.15, 0.2) is 23.2 Å².